The van der Waals surface area contributed by atoms with Crippen LogP contribution in [0.3, 0.4) is 0 Å². The Morgan fingerprint density at radius 1 is 0.852 bits per heavy atom. The highest BCUT2D eigenvalue weighted by atomic mass is 16.5. The van der Waals surface area contributed by atoms with Gasteiger partial charge in [0.05, 0.1) is 17.8 Å². The summed E-state index contributed by atoms with van der Waals surface area (Å²) in [7, 11) is 0. The summed E-state index contributed by atoms with van der Waals surface area (Å²) in [5, 5.41) is 16.4. The highest BCUT2D eigenvalue weighted by Crippen LogP contribution is 2.81. The molecule has 11 atom stereocenters. The number of ether oxygens (including phenoxy) is 1. The normalized spacial score (nSPS) is 45.0. The maximum Gasteiger partial charge on any atom is 0.309 e. The highest BCUT2D eigenvalue weighted by Gasteiger charge is 2.74. The lowest BCUT2D eigenvalue weighted by Crippen LogP contribution is -2.70. The zero-order valence-electron chi connectivity index (χ0n) is 35.3. The molecule has 1 heterocycles. The quantitative estimate of drug-likeness (QED) is 0.213. The van der Waals surface area contributed by atoms with E-state index in [2.05, 4.69) is 66.0 Å². The Hall–Kier alpha value is -2.22. The summed E-state index contributed by atoms with van der Waals surface area (Å²) in [5.41, 5.74) is 1.82. The van der Waals surface area contributed by atoms with Gasteiger partial charge in [0.15, 0.2) is 5.78 Å². The largest absolute Gasteiger partial charge is 0.481 e. The first-order chi connectivity index (χ1) is 25.1. The number of carbonyl (C=O) groups is 4. The third-order valence-corrected chi connectivity index (χ3v) is 19.2. The molecule has 7 aliphatic rings. The van der Waals surface area contributed by atoms with Crippen LogP contribution in [0.5, 0.6) is 0 Å². The minimum absolute atomic E-state index is 0.0402. The predicted octanol–water partition coefficient (Wildman–Crippen LogP) is 8.52. The van der Waals surface area contributed by atoms with Gasteiger partial charge in [-0.25, -0.2) is 0 Å². The highest BCUT2D eigenvalue weighted by molar-refractivity contribution is 6.00. The third kappa shape index (κ3) is 5.42. The summed E-state index contributed by atoms with van der Waals surface area (Å²) in [6, 6.07) is 0. The van der Waals surface area contributed by atoms with Gasteiger partial charge in [-0.15, -0.1) is 0 Å². The van der Waals surface area contributed by atoms with Crippen LogP contribution in [0.25, 0.3) is 0 Å². The Labute approximate surface area is 325 Å². The van der Waals surface area contributed by atoms with Crippen molar-refractivity contribution in [1.82, 2.24) is 10.6 Å². The molecule has 7 rings (SSSR count). The van der Waals surface area contributed by atoms with Gasteiger partial charge in [0.25, 0.3) is 0 Å². The van der Waals surface area contributed by atoms with E-state index in [0.717, 1.165) is 89.3 Å². The standard InChI is InChI=1S/C46H72N2O6/c1-27(2)35-32(49)25-46(21-23-48-37(50)28-12-11-22-47-26-28)20-19-42(7)29(36(35)46)13-17-45(10)43(8)16-15-34(41(5,6)33(43)14-18-44(42,45)9)54-39(53)31-24-30(38(51)52)40(31,3)4/h27-31,33-34,47H,11-26H2,1-10H3,(H,48,50)(H,51,52)/t28-,29?,30+,31-,33+,34+,42-,43+,44+,45-,46-/m1/s1. The van der Waals surface area contributed by atoms with Crippen molar-refractivity contribution in [3.63, 3.8) is 0 Å². The molecule has 1 amide bonds. The van der Waals surface area contributed by atoms with Gasteiger partial charge >= 0.3 is 11.9 Å². The lowest BCUT2D eigenvalue weighted by molar-refractivity contribution is -0.278. The summed E-state index contributed by atoms with van der Waals surface area (Å²) in [4.78, 5) is 52.7. The minimum Gasteiger partial charge on any atom is -0.481 e. The first kappa shape index (κ1) is 40.0. The number of fused-ring (bicyclic) bond motifs is 7. The van der Waals surface area contributed by atoms with Crippen molar-refractivity contribution in [1.29, 1.82) is 0 Å². The van der Waals surface area contributed by atoms with E-state index < -0.39 is 17.3 Å². The Balaban J connectivity index is 1.13. The van der Waals surface area contributed by atoms with Gasteiger partial charge in [-0.05, 0) is 134 Å². The Bertz CT molecular complexity index is 1610. The van der Waals surface area contributed by atoms with E-state index in [1.165, 1.54) is 5.57 Å². The number of Topliss-reactive ketones (excluding diaryl/α,β-unsaturated/α-hetero) is 1. The van der Waals surface area contributed by atoms with Gasteiger partial charge in [-0.1, -0.05) is 74.8 Å². The minimum atomic E-state index is -0.823. The molecule has 6 fully saturated rings. The van der Waals surface area contributed by atoms with Crippen LogP contribution in [-0.4, -0.2) is 54.5 Å². The van der Waals surface area contributed by atoms with Crippen LogP contribution in [0, 0.1) is 73.4 Å². The van der Waals surface area contributed by atoms with E-state index in [4.69, 9.17) is 4.74 Å². The van der Waals surface area contributed by atoms with Crippen LogP contribution in [0.2, 0.25) is 0 Å². The van der Waals surface area contributed by atoms with Crippen LogP contribution in [-0.2, 0) is 23.9 Å². The number of carbonyl (C=O) groups excluding carboxylic acids is 3. The lowest BCUT2D eigenvalue weighted by atomic mass is 9.28. The van der Waals surface area contributed by atoms with E-state index in [-0.39, 0.29) is 68.2 Å². The maximum atomic E-state index is 14.1. The number of carboxylic acid groups (broad SMARTS) is 1. The van der Waals surface area contributed by atoms with E-state index in [1.54, 1.807) is 0 Å². The van der Waals surface area contributed by atoms with Gasteiger partial charge in [0.2, 0.25) is 5.91 Å². The zero-order chi connectivity index (χ0) is 39.4. The van der Waals surface area contributed by atoms with E-state index in [1.807, 2.05) is 13.8 Å². The molecule has 3 N–H and O–H groups in total. The number of esters is 1. The van der Waals surface area contributed by atoms with Crippen molar-refractivity contribution in [2.45, 2.75) is 159 Å². The molecule has 0 aromatic heterocycles. The molecule has 1 aliphatic heterocycles. The molecule has 1 unspecified atom stereocenters. The average Bonchev–Trinajstić information content (AvgIpc) is 3.39. The van der Waals surface area contributed by atoms with E-state index in [0.29, 0.717) is 37.0 Å². The van der Waals surface area contributed by atoms with Crippen molar-refractivity contribution in [2.75, 3.05) is 19.6 Å². The lowest BCUT2D eigenvalue weighted by Gasteiger charge is -2.76. The Morgan fingerprint density at radius 3 is 2.17 bits per heavy atom. The van der Waals surface area contributed by atoms with Crippen LogP contribution in [0.15, 0.2) is 11.1 Å². The molecule has 0 radical (unpaired) electrons. The van der Waals surface area contributed by atoms with Crippen molar-refractivity contribution in [3.8, 4) is 0 Å². The van der Waals surface area contributed by atoms with Gasteiger partial charge in [-0.2, -0.15) is 0 Å². The molecule has 0 aromatic carbocycles. The van der Waals surface area contributed by atoms with Crippen molar-refractivity contribution in [2.24, 2.45) is 73.4 Å². The molecule has 0 bridgehead atoms. The van der Waals surface area contributed by atoms with E-state index in [9.17, 15) is 24.3 Å². The number of hydrogen-bond acceptors (Lipinski definition) is 6. The van der Waals surface area contributed by atoms with Crippen LogP contribution >= 0.6 is 0 Å². The number of aliphatic carboxylic acids is 1. The summed E-state index contributed by atoms with van der Waals surface area (Å²) in [5.74, 6) is -0.429. The Kier molecular flexibility index (Phi) is 9.75. The summed E-state index contributed by atoms with van der Waals surface area (Å²) >= 11 is 0. The number of nitrogens with one attached hydrogen (secondary N) is 2. The molecule has 0 aromatic rings. The van der Waals surface area contributed by atoms with E-state index >= 15 is 0 Å². The SMILES string of the molecule is CC(C)C1=C2C3CC[C@@]4(C)[C@@](C)(CC[C@H]5C(C)(C)[C@@H](OC(=O)[C@H]6C[C@@H](C(=O)O)C6(C)C)CC[C@@]54C)[C@]3(C)CC[C@@]2(CCNC(=O)[C@@H]2CCCNC2)CC1=O. The first-order valence-corrected chi connectivity index (χ1v) is 21.8. The van der Waals surface area contributed by atoms with Crippen LogP contribution < -0.4 is 10.6 Å². The summed E-state index contributed by atoms with van der Waals surface area (Å²) in [6.45, 7) is 25.7. The second kappa shape index (κ2) is 13.2. The van der Waals surface area contributed by atoms with Crippen LogP contribution in [0.1, 0.15) is 153 Å². The van der Waals surface area contributed by atoms with Crippen molar-refractivity contribution >= 4 is 23.6 Å². The number of carboxylic acids is 1. The fraction of sp³-hybridized carbons (Fsp3) is 0.870. The average molecular weight is 749 g/mol. The molecule has 5 saturated carbocycles. The predicted molar refractivity (Wildman–Crippen MR) is 210 cm³/mol. The fourth-order valence-electron chi connectivity index (χ4n) is 15.3. The number of amides is 1. The van der Waals surface area contributed by atoms with Crippen molar-refractivity contribution < 1.29 is 29.0 Å². The number of ketones is 1. The Morgan fingerprint density at radius 2 is 1.54 bits per heavy atom. The third-order valence-electron chi connectivity index (χ3n) is 19.2. The molecule has 0 spiro atoms. The van der Waals surface area contributed by atoms with Gasteiger partial charge in [0.1, 0.15) is 6.10 Å². The first-order valence-electron chi connectivity index (χ1n) is 21.8. The molecule has 6 aliphatic carbocycles. The number of allylic oxidation sites excluding steroid dienone is 2. The second-order valence-electron chi connectivity index (χ2n) is 21.9. The molecule has 54 heavy (non-hydrogen) atoms. The summed E-state index contributed by atoms with van der Waals surface area (Å²) in [6.07, 6.45) is 12.0. The molecule has 302 valence electrons. The smallest absolute Gasteiger partial charge is 0.309 e. The molecule has 8 heteroatoms. The zero-order valence-corrected chi connectivity index (χ0v) is 35.3. The van der Waals surface area contributed by atoms with Crippen molar-refractivity contribution in [3.05, 3.63) is 11.1 Å². The van der Waals surface area contributed by atoms with Gasteiger partial charge < -0.3 is 20.5 Å². The fourth-order valence-corrected chi connectivity index (χ4v) is 15.3. The van der Waals surface area contributed by atoms with Crippen LogP contribution in [0.4, 0.5) is 0 Å². The molecule has 1 saturated heterocycles. The molecule has 8 nitrogen and oxygen atoms in total. The topological polar surface area (TPSA) is 122 Å². The van der Waals surface area contributed by atoms with Gasteiger partial charge in [0, 0.05) is 30.3 Å². The molecular weight excluding hydrogens is 677 g/mol. The van der Waals surface area contributed by atoms with Gasteiger partial charge in [-0.3, -0.25) is 19.2 Å². The number of hydrogen-bond donors (Lipinski definition) is 3. The second-order valence-corrected chi connectivity index (χ2v) is 21.9. The maximum absolute atomic E-state index is 14.1. The molecular formula is C46H72N2O6. The number of piperidine rings is 1. The number of rotatable bonds is 8. The summed E-state index contributed by atoms with van der Waals surface area (Å²) < 4.78 is 6.45. The monoisotopic (exact) mass is 749 g/mol.